The van der Waals surface area contributed by atoms with E-state index >= 15 is 0 Å². The average Bonchev–Trinajstić information content (AvgIpc) is 2.71. The van der Waals surface area contributed by atoms with E-state index in [9.17, 15) is 5.11 Å². The zero-order chi connectivity index (χ0) is 10.7. The van der Waals surface area contributed by atoms with Gasteiger partial charge in [0.15, 0.2) is 5.82 Å². The zero-order valence-electron chi connectivity index (χ0n) is 9.19. The minimum Gasteiger partial charge on any atom is -0.385 e. The summed E-state index contributed by atoms with van der Waals surface area (Å²) in [6, 6.07) is 0. The Bertz CT molecular complexity index is 304. The van der Waals surface area contributed by atoms with E-state index in [1.54, 1.807) is 12.4 Å². The number of aryl methyl sites for hydroxylation is 1. The predicted molar refractivity (Wildman–Crippen MR) is 58.3 cm³/mol. The van der Waals surface area contributed by atoms with E-state index in [1.807, 2.05) is 6.92 Å². The van der Waals surface area contributed by atoms with Crippen LogP contribution in [0.2, 0.25) is 0 Å². The molecule has 0 radical (unpaired) electrons. The average molecular weight is 206 g/mol. The normalized spacial score (nSPS) is 19.3. The van der Waals surface area contributed by atoms with Crippen LogP contribution < -0.4 is 0 Å². The second-order valence-corrected chi connectivity index (χ2v) is 4.52. The highest BCUT2D eigenvalue weighted by Gasteiger charge is 2.20. The molecule has 1 aliphatic carbocycles. The van der Waals surface area contributed by atoms with Gasteiger partial charge in [-0.05, 0) is 24.8 Å². The first-order chi connectivity index (χ1) is 7.25. The van der Waals surface area contributed by atoms with Gasteiger partial charge in [-0.3, -0.25) is 0 Å². The monoisotopic (exact) mass is 206 g/mol. The summed E-state index contributed by atoms with van der Waals surface area (Å²) in [4.78, 5) is 8.32. The van der Waals surface area contributed by atoms with E-state index < -0.39 is 6.10 Å². The van der Waals surface area contributed by atoms with E-state index in [4.69, 9.17) is 0 Å². The Labute approximate surface area is 90.6 Å². The number of rotatable bonds is 3. The van der Waals surface area contributed by atoms with Crippen molar-refractivity contribution in [1.82, 2.24) is 9.97 Å². The SMILES string of the molecule is Cc1cnc(C(O)CC2CCCC2)nc1. The van der Waals surface area contributed by atoms with Gasteiger partial charge in [0, 0.05) is 12.4 Å². The van der Waals surface area contributed by atoms with Crippen LogP contribution in [0.5, 0.6) is 0 Å². The van der Waals surface area contributed by atoms with E-state index in [2.05, 4.69) is 9.97 Å². The lowest BCUT2D eigenvalue weighted by Gasteiger charge is -2.13. The third kappa shape index (κ3) is 2.75. The Kier molecular flexibility index (Phi) is 3.31. The van der Waals surface area contributed by atoms with Gasteiger partial charge < -0.3 is 5.11 Å². The van der Waals surface area contributed by atoms with Gasteiger partial charge in [-0.15, -0.1) is 0 Å². The fraction of sp³-hybridized carbons (Fsp3) is 0.667. The lowest BCUT2D eigenvalue weighted by atomic mass is 10.00. The number of hydrogen-bond acceptors (Lipinski definition) is 3. The number of aromatic nitrogens is 2. The fourth-order valence-corrected chi connectivity index (χ4v) is 2.24. The largest absolute Gasteiger partial charge is 0.385 e. The smallest absolute Gasteiger partial charge is 0.156 e. The van der Waals surface area contributed by atoms with Gasteiger partial charge >= 0.3 is 0 Å². The van der Waals surface area contributed by atoms with Crippen LogP contribution in [-0.2, 0) is 0 Å². The summed E-state index contributed by atoms with van der Waals surface area (Å²) in [5.41, 5.74) is 1.03. The molecule has 1 N–H and O–H groups in total. The molecular formula is C12H18N2O. The van der Waals surface area contributed by atoms with Crippen molar-refractivity contribution in [2.24, 2.45) is 5.92 Å². The maximum absolute atomic E-state index is 9.95. The Morgan fingerprint density at radius 3 is 2.53 bits per heavy atom. The molecule has 1 aromatic heterocycles. The van der Waals surface area contributed by atoms with Crippen molar-refractivity contribution < 1.29 is 5.11 Å². The van der Waals surface area contributed by atoms with Gasteiger partial charge in [0.2, 0.25) is 0 Å². The first-order valence-corrected chi connectivity index (χ1v) is 5.72. The standard InChI is InChI=1S/C12H18N2O/c1-9-7-13-12(14-8-9)11(15)6-10-4-2-3-5-10/h7-8,10-11,15H,2-6H2,1H3. The molecule has 0 saturated heterocycles. The highest BCUT2D eigenvalue weighted by atomic mass is 16.3. The summed E-state index contributed by atoms with van der Waals surface area (Å²) in [6.07, 6.45) is 9.00. The van der Waals surface area contributed by atoms with Crippen molar-refractivity contribution in [3.05, 3.63) is 23.8 Å². The van der Waals surface area contributed by atoms with Crippen LogP contribution >= 0.6 is 0 Å². The van der Waals surface area contributed by atoms with Gasteiger partial charge in [-0.25, -0.2) is 9.97 Å². The van der Waals surface area contributed by atoms with Crippen molar-refractivity contribution in [1.29, 1.82) is 0 Å². The van der Waals surface area contributed by atoms with Gasteiger partial charge in [-0.2, -0.15) is 0 Å². The summed E-state index contributed by atoms with van der Waals surface area (Å²) >= 11 is 0. The molecule has 0 spiro atoms. The molecule has 0 bridgehead atoms. The second kappa shape index (κ2) is 4.71. The molecule has 1 aromatic rings. The first-order valence-electron chi connectivity index (χ1n) is 5.72. The maximum atomic E-state index is 9.95. The first kappa shape index (κ1) is 10.6. The highest BCUT2D eigenvalue weighted by Crippen LogP contribution is 2.31. The van der Waals surface area contributed by atoms with Gasteiger partial charge in [0.1, 0.15) is 6.10 Å². The number of aliphatic hydroxyl groups is 1. The third-order valence-electron chi connectivity index (χ3n) is 3.13. The molecule has 1 unspecified atom stereocenters. The summed E-state index contributed by atoms with van der Waals surface area (Å²) in [7, 11) is 0. The number of aliphatic hydroxyl groups excluding tert-OH is 1. The molecule has 3 heteroatoms. The summed E-state index contributed by atoms with van der Waals surface area (Å²) in [5.74, 6) is 1.25. The summed E-state index contributed by atoms with van der Waals surface area (Å²) < 4.78 is 0. The molecule has 3 nitrogen and oxygen atoms in total. The van der Waals surface area contributed by atoms with E-state index in [0.717, 1.165) is 12.0 Å². The molecule has 1 saturated carbocycles. The van der Waals surface area contributed by atoms with Crippen molar-refractivity contribution in [3.63, 3.8) is 0 Å². The topological polar surface area (TPSA) is 46.0 Å². The minimum atomic E-state index is -0.478. The molecule has 1 fully saturated rings. The highest BCUT2D eigenvalue weighted by molar-refractivity contribution is 5.03. The Balaban J connectivity index is 1.94. The van der Waals surface area contributed by atoms with E-state index in [1.165, 1.54) is 25.7 Å². The van der Waals surface area contributed by atoms with Crippen LogP contribution in [-0.4, -0.2) is 15.1 Å². The van der Waals surface area contributed by atoms with Crippen LogP contribution in [0.15, 0.2) is 12.4 Å². The molecule has 0 amide bonds. The second-order valence-electron chi connectivity index (χ2n) is 4.52. The van der Waals surface area contributed by atoms with E-state index in [0.29, 0.717) is 11.7 Å². The summed E-state index contributed by atoms with van der Waals surface area (Å²) in [5, 5.41) is 9.95. The molecule has 82 valence electrons. The van der Waals surface area contributed by atoms with Crippen molar-refractivity contribution in [2.45, 2.75) is 45.1 Å². The van der Waals surface area contributed by atoms with Crippen molar-refractivity contribution in [2.75, 3.05) is 0 Å². The summed E-state index contributed by atoms with van der Waals surface area (Å²) in [6.45, 7) is 1.95. The number of hydrogen-bond donors (Lipinski definition) is 1. The van der Waals surface area contributed by atoms with Crippen molar-refractivity contribution >= 4 is 0 Å². The molecule has 15 heavy (non-hydrogen) atoms. The molecule has 0 aromatic carbocycles. The predicted octanol–water partition coefficient (Wildman–Crippen LogP) is 2.40. The Morgan fingerprint density at radius 2 is 1.93 bits per heavy atom. The molecule has 1 heterocycles. The molecular weight excluding hydrogens is 188 g/mol. The van der Waals surface area contributed by atoms with E-state index in [-0.39, 0.29) is 0 Å². The number of nitrogens with zero attached hydrogens (tertiary/aromatic N) is 2. The van der Waals surface area contributed by atoms with Gasteiger partial charge in [0.05, 0.1) is 0 Å². The molecule has 0 aliphatic heterocycles. The molecule has 1 aliphatic rings. The van der Waals surface area contributed by atoms with Crippen LogP contribution in [0, 0.1) is 12.8 Å². The lowest BCUT2D eigenvalue weighted by Crippen LogP contribution is -2.08. The van der Waals surface area contributed by atoms with Crippen LogP contribution in [0.25, 0.3) is 0 Å². The lowest BCUT2D eigenvalue weighted by molar-refractivity contribution is 0.135. The van der Waals surface area contributed by atoms with Crippen molar-refractivity contribution in [3.8, 4) is 0 Å². The van der Waals surface area contributed by atoms with Crippen LogP contribution in [0.1, 0.15) is 49.6 Å². The Hall–Kier alpha value is -0.960. The fourth-order valence-electron chi connectivity index (χ4n) is 2.24. The van der Waals surface area contributed by atoms with Crippen LogP contribution in [0.3, 0.4) is 0 Å². The Morgan fingerprint density at radius 1 is 1.33 bits per heavy atom. The third-order valence-corrected chi connectivity index (χ3v) is 3.13. The molecule has 1 atom stereocenters. The maximum Gasteiger partial charge on any atom is 0.156 e. The van der Waals surface area contributed by atoms with Gasteiger partial charge in [0.25, 0.3) is 0 Å². The van der Waals surface area contributed by atoms with Crippen LogP contribution in [0.4, 0.5) is 0 Å². The van der Waals surface area contributed by atoms with Gasteiger partial charge in [-0.1, -0.05) is 25.7 Å². The molecule has 2 rings (SSSR count). The zero-order valence-corrected chi connectivity index (χ0v) is 9.19. The minimum absolute atomic E-state index is 0.478. The quantitative estimate of drug-likeness (QED) is 0.826.